The Morgan fingerprint density at radius 1 is 0.704 bits per heavy atom. The van der Waals surface area contributed by atoms with E-state index < -0.39 is 7.60 Å². The van der Waals surface area contributed by atoms with Crippen molar-refractivity contribution in [2.75, 3.05) is 25.9 Å². The molecule has 1 rings (SSSR count). The molecule has 0 unspecified atom stereocenters. The first-order valence-corrected chi connectivity index (χ1v) is 13.0. The third kappa shape index (κ3) is 15.1. The SMILES string of the molecule is CCCCCCCCCCCCCCCCN1C=CN(CCP(=O)(O)O)C1. The summed E-state index contributed by atoms with van der Waals surface area (Å²) in [7, 11) is -3.88. The van der Waals surface area contributed by atoms with Gasteiger partial charge in [-0.2, -0.15) is 0 Å². The zero-order valence-electron chi connectivity index (χ0n) is 17.5. The molecule has 2 N–H and O–H groups in total. The molecule has 0 amide bonds. The van der Waals surface area contributed by atoms with Crippen LogP contribution in [0.5, 0.6) is 0 Å². The summed E-state index contributed by atoms with van der Waals surface area (Å²) < 4.78 is 10.9. The maximum absolute atomic E-state index is 10.9. The van der Waals surface area contributed by atoms with Gasteiger partial charge >= 0.3 is 7.60 Å². The molecule has 0 radical (unpaired) electrons. The quantitative estimate of drug-likeness (QED) is 0.228. The van der Waals surface area contributed by atoms with Crippen LogP contribution in [0.2, 0.25) is 0 Å². The van der Waals surface area contributed by atoms with E-state index in [9.17, 15) is 4.57 Å². The monoisotopic (exact) mass is 402 g/mol. The van der Waals surface area contributed by atoms with Gasteiger partial charge in [-0.15, -0.1) is 0 Å². The lowest BCUT2D eigenvalue weighted by atomic mass is 10.0. The number of rotatable bonds is 18. The first-order chi connectivity index (χ1) is 13.0. The molecule has 6 heteroatoms. The van der Waals surface area contributed by atoms with E-state index in [0.717, 1.165) is 13.2 Å². The third-order valence-corrected chi connectivity index (χ3v) is 6.11. The molecule has 0 aliphatic carbocycles. The molecule has 1 aliphatic rings. The molecule has 0 aromatic carbocycles. The molecule has 0 aromatic heterocycles. The molecule has 0 atom stereocenters. The van der Waals surface area contributed by atoms with Crippen LogP contribution in [-0.4, -0.2) is 45.5 Å². The van der Waals surface area contributed by atoms with Crippen LogP contribution < -0.4 is 0 Å². The minimum absolute atomic E-state index is 0.0654. The molecule has 1 aliphatic heterocycles. The smallest absolute Gasteiger partial charge is 0.327 e. The lowest BCUT2D eigenvalue weighted by Crippen LogP contribution is -2.28. The number of hydrogen-bond donors (Lipinski definition) is 2. The highest BCUT2D eigenvalue weighted by molar-refractivity contribution is 7.51. The van der Waals surface area contributed by atoms with Crippen molar-refractivity contribution in [1.29, 1.82) is 0 Å². The lowest BCUT2D eigenvalue weighted by Gasteiger charge is -2.21. The lowest BCUT2D eigenvalue weighted by molar-refractivity contribution is 0.264. The third-order valence-electron chi connectivity index (χ3n) is 5.33. The van der Waals surface area contributed by atoms with Crippen molar-refractivity contribution < 1.29 is 14.4 Å². The maximum Gasteiger partial charge on any atom is 0.327 e. The van der Waals surface area contributed by atoms with Crippen molar-refractivity contribution in [1.82, 2.24) is 9.80 Å². The standard InChI is InChI=1S/C21H43N2O3P/c1-2-3-4-5-6-7-8-9-10-11-12-13-14-15-16-22-17-18-23(21-22)19-20-27(24,25)26/h17-18H,2-16,19-21H2,1H3,(H2,24,25,26). The minimum Gasteiger partial charge on any atom is -0.359 e. The van der Waals surface area contributed by atoms with Crippen LogP contribution in [0.25, 0.3) is 0 Å². The Morgan fingerprint density at radius 3 is 1.56 bits per heavy atom. The zero-order valence-corrected chi connectivity index (χ0v) is 18.4. The van der Waals surface area contributed by atoms with Crippen LogP contribution in [0.4, 0.5) is 0 Å². The van der Waals surface area contributed by atoms with E-state index in [1.54, 1.807) is 0 Å². The Morgan fingerprint density at radius 2 is 1.11 bits per heavy atom. The number of hydrogen-bond acceptors (Lipinski definition) is 3. The van der Waals surface area contributed by atoms with E-state index >= 15 is 0 Å². The van der Waals surface area contributed by atoms with E-state index in [4.69, 9.17) is 9.79 Å². The molecule has 0 saturated carbocycles. The van der Waals surface area contributed by atoms with E-state index in [0.29, 0.717) is 6.54 Å². The maximum atomic E-state index is 10.9. The van der Waals surface area contributed by atoms with Gasteiger partial charge in [0.2, 0.25) is 0 Å². The summed E-state index contributed by atoms with van der Waals surface area (Å²) in [5.41, 5.74) is 0. The number of nitrogens with zero attached hydrogens (tertiary/aromatic N) is 2. The van der Waals surface area contributed by atoms with Crippen LogP contribution in [-0.2, 0) is 4.57 Å². The second kappa shape index (κ2) is 15.4. The first-order valence-electron chi connectivity index (χ1n) is 11.2. The zero-order chi connectivity index (χ0) is 19.8. The van der Waals surface area contributed by atoms with Gasteiger partial charge in [0.15, 0.2) is 0 Å². The predicted octanol–water partition coefficient (Wildman–Crippen LogP) is 5.69. The fourth-order valence-electron chi connectivity index (χ4n) is 3.57. The van der Waals surface area contributed by atoms with Gasteiger partial charge in [-0.05, 0) is 6.42 Å². The topological polar surface area (TPSA) is 64.0 Å². The number of unbranched alkanes of at least 4 members (excludes halogenated alkanes) is 13. The molecule has 0 saturated heterocycles. The summed E-state index contributed by atoms with van der Waals surface area (Å²) >= 11 is 0. The summed E-state index contributed by atoms with van der Waals surface area (Å²) in [4.78, 5) is 22.1. The molecule has 1 heterocycles. The van der Waals surface area contributed by atoms with Gasteiger partial charge < -0.3 is 19.6 Å². The molecule has 5 nitrogen and oxygen atoms in total. The summed E-state index contributed by atoms with van der Waals surface area (Å²) in [6.45, 7) is 4.51. The highest BCUT2D eigenvalue weighted by Crippen LogP contribution is 2.33. The molecule has 27 heavy (non-hydrogen) atoms. The van der Waals surface area contributed by atoms with E-state index in [1.807, 2.05) is 17.3 Å². The highest BCUT2D eigenvalue weighted by atomic mass is 31.2. The average Bonchev–Trinajstić information content (AvgIpc) is 3.07. The van der Waals surface area contributed by atoms with Gasteiger partial charge in [-0.3, -0.25) is 4.57 Å². The van der Waals surface area contributed by atoms with Crippen LogP contribution in [0.3, 0.4) is 0 Å². The Hall–Kier alpha value is -0.510. The summed E-state index contributed by atoms with van der Waals surface area (Å²) in [6, 6.07) is 0. The predicted molar refractivity (Wildman–Crippen MR) is 115 cm³/mol. The fourth-order valence-corrected chi connectivity index (χ4v) is 4.09. The van der Waals surface area contributed by atoms with E-state index in [1.165, 1.54) is 89.9 Å². The van der Waals surface area contributed by atoms with Gasteiger partial charge in [0.05, 0.1) is 12.8 Å². The minimum atomic E-state index is -3.88. The average molecular weight is 403 g/mol. The summed E-state index contributed by atoms with van der Waals surface area (Å²) in [6.07, 6.45) is 23.2. The Kier molecular flexibility index (Phi) is 14.0. The van der Waals surface area contributed by atoms with Crippen molar-refractivity contribution in [3.63, 3.8) is 0 Å². The van der Waals surface area contributed by atoms with Crippen molar-refractivity contribution in [2.45, 2.75) is 96.8 Å². The van der Waals surface area contributed by atoms with Crippen molar-refractivity contribution in [3.05, 3.63) is 12.4 Å². The van der Waals surface area contributed by atoms with Crippen LogP contribution >= 0.6 is 7.60 Å². The van der Waals surface area contributed by atoms with Gasteiger partial charge in [-0.25, -0.2) is 0 Å². The van der Waals surface area contributed by atoms with E-state index in [-0.39, 0.29) is 6.16 Å². The fraction of sp³-hybridized carbons (Fsp3) is 0.905. The Balaban J connectivity index is 1.81. The molecule has 0 fully saturated rings. The molecule has 0 aromatic rings. The molecule has 0 spiro atoms. The second-order valence-corrected chi connectivity index (χ2v) is 9.83. The van der Waals surface area contributed by atoms with Crippen molar-refractivity contribution in [3.8, 4) is 0 Å². The summed E-state index contributed by atoms with van der Waals surface area (Å²) in [5, 5.41) is 0. The normalized spacial score (nSPS) is 14.5. The molecule has 0 bridgehead atoms. The van der Waals surface area contributed by atoms with Crippen LogP contribution in [0.1, 0.15) is 96.8 Å². The largest absolute Gasteiger partial charge is 0.359 e. The van der Waals surface area contributed by atoms with Crippen LogP contribution in [0, 0.1) is 0 Å². The van der Waals surface area contributed by atoms with Crippen molar-refractivity contribution >= 4 is 7.60 Å². The van der Waals surface area contributed by atoms with Gasteiger partial charge in [0, 0.05) is 25.5 Å². The van der Waals surface area contributed by atoms with Crippen molar-refractivity contribution in [2.24, 2.45) is 0 Å². The molecular weight excluding hydrogens is 359 g/mol. The molecular formula is C21H43N2O3P. The Bertz CT molecular complexity index is 426. The van der Waals surface area contributed by atoms with Gasteiger partial charge in [0.1, 0.15) is 0 Å². The van der Waals surface area contributed by atoms with Gasteiger partial charge in [0.25, 0.3) is 0 Å². The molecule has 160 valence electrons. The van der Waals surface area contributed by atoms with Crippen LogP contribution in [0.15, 0.2) is 12.4 Å². The van der Waals surface area contributed by atoms with E-state index in [2.05, 4.69) is 11.8 Å². The Labute approximate surface area is 167 Å². The summed E-state index contributed by atoms with van der Waals surface area (Å²) in [5.74, 6) is 0. The van der Waals surface area contributed by atoms with Gasteiger partial charge in [-0.1, -0.05) is 90.4 Å². The second-order valence-electron chi connectivity index (χ2n) is 8.05. The highest BCUT2D eigenvalue weighted by Gasteiger charge is 2.17. The first kappa shape index (κ1) is 24.5.